The zero-order valence-corrected chi connectivity index (χ0v) is 12.5. The maximum absolute atomic E-state index is 6.04. The lowest BCUT2D eigenvalue weighted by atomic mass is 10.3. The summed E-state index contributed by atoms with van der Waals surface area (Å²) in [4.78, 5) is 2.00. The van der Waals surface area contributed by atoms with Crippen LogP contribution in [0.3, 0.4) is 0 Å². The molecular weight excluding hydrogens is 274 g/mol. The molecule has 0 saturated heterocycles. The number of hydrogen-bond acceptors (Lipinski definition) is 5. The van der Waals surface area contributed by atoms with Crippen LogP contribution in [-0.4, -0.2) is 21.3 Å². The van der Waals surface area contributed by atoms with E-state index in [2.05, 4.69) is 0 Å². The molecule has 0 bridgehead atoms. The highest BCUT2D eigenvalue weighted by atomic mass is 32.2. The highest BCUT2D eigenvalue weighted by Crippen LogP contribution is 2.39. The summed E-state index contributed by atoms with van der Waals surface area (Å²) in [6.07, 6.45) is 0. The van der Waals surface area contributed by atoms with Crippen LogP contribution in [0.1, 0.15) is 0 Å². The van der Waals surface area contributed by atoms with Crippen molar-refractivity contribution in [1.29, 1.82) is 0 Å². The Morgan fingerprint density at radius 1 is 0.850 bits per heavy atom. The van der Waals surface area contributed by atoms with Crippen molar-refractivity contribution in [3.8, 4) is 17.2 Å². The first-order valence-electron chi connectivity index (χ1n) is 6.01. The largest absolute Gasteiger partial charge is 0.497 e. The number of ether oxygens (including phenoxy) is 3. The number of methoxy groups -OCH3 is 3. The standard InChI is InChI=1S/C15H17NO3S/c1-17-10-4-6-11(7-5-10)20-15-9-14(19-3)13(18-2)8-12(15)16/h4-9H,16H2,1-3H3. The van der Waals surface area contributed by atoms with Gasteiger partial charge < -0.3 is 19.9 Å². The molecule has 0 unspecified atom stereocenters. The van der Waals surface area contributed by atoms with Gasteiger partial charge in [-0.25, -0.2) is 0 Å². The van der Waals surface area contributed by atoms with Gasteiger partial charge in [0.2, 0.25) is 0 Å². The van der Waals surface area contributed by atoms with E-state index in [0.717, 1.165) is 15.5 Å². The van der Waals surface area contributed by atoms with E-state index in [0.29, 0.717) is 17.2 Å². The van der Waals surface area contributed by atoms with Gasteiger partial charge in [-0.3, -0.25) is 0 Å². The van der Waals surface area contributed by atoms with E-state index >= 15 is 0 Å². The van der Waals surface area contributed by atoms with Gasteiger partial charge in [0.25, 0.3) is 0 Å². The summed E-state index contributed by atoms with van der Waals surface area (Å²) in [6.45, 7) is 0. The monoisotopic (exact) mass is 291 g/mol. The van der Waals surface area contributed by atoms with Gasteiger partial charge in [-0.1, -0.05) is 11.8 Å². The third-order valence-electron chi connectivity index (χ3n) is 2.80. The first-order chi connectivity index (χ1) is 9.67. The lowest BCUT2D eigenvalue weighted by molar-refractivity contribution is 0.354. The molecule has 106 valence electrons. The normalized spacial score (nSPS) is 10.2. The Hall–Kier alpha value is -2.01. The minimum absolute atomic E-state index is 0.629. The summed E-state index contributed by atoms with van der Waals surface area (Å²) in [5.41, 5.74) is 6.70. The third-order valence-corrected chi connectivity index (χ3v) is 3.88. The number of anilines is 1. The molecule has 0 spiro atoms. The topological polar surface area (TPSA) is 53.7 Å². The lowest BCUT2D eigenvalue weighted by Gasteiger charge is -2.12. The van der Waals surface area contributed by atoms with Gasteiger partial charge in [0.05, 0.1) is 21.3 Å². The second-order valence-electron chi connectivity index (χ2n) is 4.02. The predicted octanol–water partition coefficient (Wildman–Crippen LogP) is 3.45. The molecule has 2 rings (SSSR count). The molecule has 0 radical (unpaired) electrons. The Bertz CT molecular complexity index is 584. The molecule has 0 heterocycles. The maximum Gasteiger partial charge on any atom is 0.162 e. The zero-order valence-electron chi connectivity index (χ0n) is 11.7. The minimum atomic E-state index is 0.629. The molecule has 0 atom stereocenters. The van der Waals surface area contributed by atoms with E-state index in [4.69, 9.17) is 19.9 Å². The van der Waals surface area contributed by atoms with Crippen molar-refractivity contribution in [3.05, 3.63) is 36.4 Å². The van der Waals surface area contributed by atoms with Crippen molar-refractivity contribution < 1.29 is 14.2 Å². The quantitative estimate of drug-likeness (QED) is 0.855. The van der Waals surface area contributed by atoms with Gasteiger partial charge >= 0.3 is 0 Å². The van der Waals surface area contributed by atoms with Crippen molar-refractivity contribution in [2.75, 3.05) is 27.1 Å². The average Bonchev–Trinajstić information content (AvgIpc) is 2.49. The molecule has 0 amide bonds. The van der Waals surface area contributed by atoms with E-state index < -0.39 is 0 Å². The molecule has 20 heavy (non-hydrogen) atoms. The summed E-state index contributed by atoms with van der Waals surface area (Å²) in [5, 5.41) is 0. The van der Waals surface area contributed by atoms with E-state index in [9.17, 15) is 0 Å². The van der Waals surface area contributed by atoms with Crippen LogP contribution < -0.4 is 19.9 Å². The number of nitrogen functional groups attached to an aromatic ring is 1. The van der Waals surface area contributed by atoms with Crippen LogP contribution >= 0.6 is 11.8 Å². The molecule has 0 saturated carbocycles. The molecule has 0 aliphatic heterocycles. The predicted molar refractivity (Wildman–Crippen MR) is 81.1 cm³/mol. The molecule has 4 nitrogen and oxygen atoms in total. The first kappa shape index (κ1) is 14.4. The summed E-state index contributed by atoms with van der Waals surface area (Å²) >= 11 is 1.57. The molecule has 0 fully saturated rings. The Labute approximate surface area is 122 Å². The molecule has 2 aromatic rings. The Morgan fingerprint density at radius 2 is 1.45 bits per heavy atom. The van der Waals surface area contributed by atoms with Crippen molar-refractivity contribution in [2.45, 2.75) is 9.79 Å². The van der Waals surface area contributed by atoms with Crippen LogP contribution in [0.4, 0.5) is 5.69 Å². The van der Waals surface area contributed by atoms with Crippen molar-refractivity contribution in [3.63, 3.8) is 0 Å². The van der Waals surface area contributed by atoms with Crippen molar-refractivity contribution >= 4 is 17.4 Å². The van der Waals surface area contributed by atoms with Crippen molar-refractivity contribution in [1.82, 2.24) is 0 Å². The molecule has 0 aromatic heterocycles. The molecule has 2 aromatic carbocycles. The molecule has 2 N–H and O–H groups in total. The van der Waals surface area contributed by atoms with Gasteiger partial charge in [0.1, 0.15) is 5.75 Å². The molecule has 0 aliphatic rings. The van der Waals surface area contributed by atoms with Gasteiger partial charge in [-0.05, 0) is 30.3 Å². The summed E-state index contributed by atoms with van der Waals surface area (Å²) in [6, 6.07) is 11.5. The molecular formula is C15H17NO3S. The van der Waals surface area contributed by atoms with Crippen LogP contribution in [0.25, 0.3) is 0 Å². The van der Waals surface area contributed by atoms with E-state index in [1.807, 2.05) is 30.3 Å². The zero-order chi connectivity index (χ0) is 14.5. The second-order valence-corrected chi connectivity index (χ2v) is 5.14. The van der Waals surface area contributed by atoms with Gasteiger partial charge in [-0.15, -0.1) is 0 Å². The highest BCUT2D eigenvalue weighted by Gasteiger charge is 2.10. The Kier molecular flexibility index (Phi) is 4.63. The first-order valence-corrected chi connectivity index (χ1v) is 6.83. The van der Waals surface area contributed by atoms with Crippen molar-refractivity contribution in [2.24, 2.45) is 0 Å². The van der Waals surface area contributed by atoms with Crippen LogP contribution in [-0.2, 0) is 0 Å². The van der Waals surface area contributed by atoms with Crippen LogP contribution in [0.5, 0.6) is 17.2 Å². The molecule has 5 heteroatoms. The maximum atomic E-state index is 6.04. The number of benzene rings is 2. The van der Waals surface area contributed by atoms with Gasteiger partial charge in [0, 0.05) is 21.5 Å². The SMILES string of the molecule is COc1ccc(Sc2cc(OC)c(OC)cc2N)cc1. The fourth-order valence-corrected chi connectivity index (χ4v) is 2.60. The van der Waals surface area contributed by atoms with E-state index in [1.54, 1.807) is 39.2 Å². The minimum Gasteiger partial charge on any atom is -0.497 e. The lowest BCUT2D eigenvalue weighted by Crippen LogP contribution is -1.95. The number of nitrogens with two attached hydrogens (primary N) is 1. The van der Waals surface area contributed by atoms with Crippen LogP contribution in [0.15, 0.2) is 46.2 Å². The van der Waals surface area contributed by atoms with E-state index in [1.165, 1.54) is 0 Å². The molecule has 0 aliphatic carbocycles. The van der Waals surface area contributed by atoms with Gasteiger partial charge in [-0.2, -0.15) is 0 Å². The fourth-order valence-electron chi connectivity index (χ4n) is 1.74. The number of hydrogen-bond donors (Lipinski definition) is 1. The highest BCUT2D eigenvalue weighted by molar-refractivity contribution is 7.99. The second kappa shape index (κ2) is 6.43. The van der Waals surface area contributed by atoms with Gasteiger partial charge in [0.15, 0.2) is 11.5 Å². The average molecular weight is 291 g/mol. The van der Waals surface area contributed by atoms with Crippen LogP contribution in [0, 0.1) is 0 Å². The van der Waals surface area contributed by atoms with Crippen LogP contribution in [0.2, 0.25) is 0 Å². The smallest absolute Gasteiger partial charge is 0.162 e. The summed E-state index contributed by atoms with van der Waals surface area (Å²) in [5.74, 6) is 2.12. The Balaban J connectivity index is 2.27. The summed E-state index contributed by atoms with van der Waals surface area (Å²) in [7, 11) is 4.85. The Morgan fingerprint density at radius 3 is 2.00 bits per heavy atom. The van der Waals surface area contributed by atoms with E-state index in [-0.39, 0.29) is 0 Å². The fraction of sp³-hybridized carbons (Fsp3) is 0.200. The third kappa shape index (κ3) is 3.11. The summed E-state index contributed by atoms with van der Waals surface area (Å²) < 4.78 is 15.7. The number of rotatable bonds is 5.